The van der Waals surface area contributed by atoms with Crippen molar-refractivity contribution >= 4 is 34.0 Å². The fraction of sp³-hybridized carbons (Fsp3) is 0.214. The average Bonchev–Trinajstić information content (AvgIpc) is 3.14. The molecule has 0 aliphatic rings. The van der Waals surface area contributed by atoms with Crippen molar-refractivity contribution in [1.29, 1.82) is 0 Å². The molecule has 0 spiro atoms. The van der Waals surface area contributed by atoms with E-state index in [4.69, 9.17) is 11.6 Å². The second-order valence-corrected chi connectivity index (χ2v) is 6.59. The number of pyridine rings is 1. The Bertz CT molecular complexity index is 983. The summed E-state index contributed by atoms with van der Waals surface area (Å²) in [6, 6.07) is 4.86. The Morgan fingerprint density at radius 2 is 2.00 bits per heavy atom. The van der Waals surface area contributed by atoms with Crippen LogP contribution in [0.15, 0.2) is 18.2 Å². The molecule has 0 bridgehead atoms. The number of aryl methyl sites for hydroxylation is 2. The molecule has 3 heterocycles. The lowest BCUT2D eigenvalue weighted by Crippen LogP contribution is -2.16. The Kier molecular flexibility index (Phi) is 4.67. The van der Waals surface area contributed by atoms with Crippen LogP contribution in [0.4, 0.5) is 18.3 Å². The number of nitrogens with one attached hydrogen (secondary N) is 1. The van der Waals surface area contributed by atoms with Crippen molar-refractivity contribution in [2.24, 2.45) is 0 Å². The van der Waals surface area contributed by atoms with E-state index in [1.54, 1.807) is 13.0 Å². The SMILES string of the molecule is Cc1cc(C)n(-c2ccc(Cl)c(C(=O)Nc3nnc(C(F)(F)F)s3)n2)n1. The highest BCUT2D eigenvalue weighted by molar-refractivity contribution is 7.15. The van der Waals surface area contributed by atoms with Gasteiger partial charge in [0.05, 0.1) is 10.7 Å². The third-order valence-electron chi connectivity index (χ3n) is 3.16. The zero-order valence-electron chi connectivity index (χ0n) is 13.3. The lowest BCUT2D eigenvalue weighted by atomic mass is 10.3. The molecule has 0 atom stereocenters. The highest BCUT2D eigenvalue weighted by Crippen LogP contribution is 2.33. The van der Waals surface area contributed by atoms with E-state index in [0.29, 0.717) is 5.82 Å². The van der Waals surface area contributed by atoms with Crippen molar-refractivity contribution in [3.63, 3.8) is 0 Å². The van der Waals surface area contributed by atoms with Gasteiger partial charge in [-0.25, -0.2) is 9.67 Å². The highest BCUT2D eigenvalue weighted by atomic mass is 35.5. The van der Waals surface area contributed by atoms with Gasteiger partial charge in [0.25, 0.3) is 5.91 Å². The third-order valence-corrected chi connectivity index (χ3v) is 4.35. The summed E-state index contributed by atoms with van der Waals surface area (Å²) in [6.45, 7) is 3.62. The maximum absolute atomic E-state index is 12.6. The number of carbonyl (C=O) groups excluding carboxylic acids is 1. The molecule has 0 aromatic carbocycles. The van der Waals surface area contributed by atoms with Crippen molar-refractivity contribution in [1.82, 2.24) is 25.0 Å². The summed E-state index contributed by atoms with van der Waals surface area (Å²) in [5.74, 6) is -0.457. The number of amides is 1. The number of anilines is 1. The van der Waals surface area contributed by atoms with Gasteiger partial charge in [-0.2, -0.15) is 18.3 Å². The lowest BCUT2D eigenvalue weighted by Gasteiger charge is -2.07. The van der Waals surface area contributed by atoms with Gasteiger partial charge in [-0.15, -0.1) is 10.2 Å². The number of carbonyl (C=O) groups is 1. The fourth-order valence-electron chi connectivity index (χ4n) is 2.11. The molecule has 3 rings (SSSR count). The summed E-state index contributed by atoms with van der Waals surface area (Å²) in [6.07, 6.45) is -4.63. The quantitative estimate of drug-likeness (QED) is 0.722. The monoisotopic (exact) mass is 402 g/mol. The van der Waals surface area contributed by atoms with Gasteiger partial charge in [0.15, 0.2) is 5.82 Å². The maximum atomic E-state index is 12.6. The Balaban J connectivity index is 1.89. The summed E-state index contributed by atoms with van der Waals surface area (Å²) in [5.41, 5.74) is 1.39. The van der Waals surface area contributed by atoms with E-state index in [2.05, 4.69) is 25.6 Å². The molecular weight excluding hydrogens is 393 g/mol. The minimum atomic E-state index is -4.63. The average molecular weight is 403 g/mol. The standard InChI is InChI=1S/C14H10ClF3N6OS/c1-6-5-7(2)24(23-6)9-4-3-8(15)10(19-9)11(25)20-13-22-21-12(26-13)14(16,17)18/h3-5H,1-2H3,(H,20,22,25). The molecule has 3 aromatic rings. The summed E-state index contributed by atoms with van der Waals surface area (Å²) in [5, 5.41) is 11.3. The van der Waals surface area contributed by atoms with E-state index >= 15 is 0 Å². The number of nitrogens with zero attached hydrogens (tertiary/aromatic N) is 5. The molecule has 0 radical (unpaired) electrons. The number of hydrogen-bond donors (Lipinski definition) is 1. The van der Waals surface area contributed by atoms with Crippen LogP contribution in [0.1, 0.15) is 26.9 Å². The van der Waals surface area contributed by atoms with Gasteiger partial charge in [-0.1, -0.05) is 22.9 Å². The van der Waals surface area contributed by atoms with Crippen molar-refractivity contribution in [2.45, 2.75) is 20.0 Å². The molecule has 0 saturated heterocycles. The molecule has 0 unspecified atom stereocenters. The number of aromatic nitrogens is 5. The second kappa shape index (κ2) is 6.65. The Morgan fingerprint density at radius 1 is 1.27 bits per heavy atom. The molecular formula is C14H10ClF3N6OS. The largest absolute Gasteiger partial charge is 0.445 e. The van der Waals surface area contributed by atoms with Crippen molar-refractivity contribution in [3.05, 3.63) is 45.3 Å². The van der Waals surface area contributed by atoms with Crippen molar-refractivity contribution < 1.29 is 18.0 Å². The predicted octanol–water partition coefficient (Wildman–Crippen LogP) is 3.66. The zero-order valence-corrected chi connectivity index (χ0v) is 14.9. The van der Waals surface area contributed by atoms with Crippen molar-refractivity contribution in [3.8, 4) is 5.82 Å². The van der Waals surface area contributed by atoms with Gasteiger partial charge in [0.1, 0.15) is 5.69 Å². The number of hydrogen-bond acceptors (Lipinski definition) is 6. The molecule has 3 aromatic heterocycles. The van der Waals surface area contributed by atoms with Crippen LogP contribution in [-0.2, 0) is 6.18 Å². The van der Waals surface area contributed by atoms with E-state index in [0.717, 1.165) is 11.4 Å². The topological polar surface area (TPSA) is 85.6 Å². The van der Waals surface area contributed by atoms with E-state index in [-0.39, 0.29) is 27.2 Å². The van der Waals surface area contributed by atoms with Crippen molar-refractivity contribution in [2.75, 3.05) is 5.32 Å². The van der Waals surface area contributed by atoms with E-state index in [1.807, 2.05) is 13.0 Å². The van der Waals surface area contributed by atoms with Gasteiger partial charge >= 0.3 is 6.18 Å². The minimum absolute atomic E-state index is 0.0355. The molecule has 0 aliphatic heterocycles. The summed E-state index contributed by atoms with van der Waals surface area (Å²) >= 11 is 6.21. The molecule has 0 aliphatic carbocycles. The van der Waals surface area contributed by atoms with Gasteiger partial charge < -0.3 is 0 Å². The normalized spacial score (nSPS) is 11.6. The van der Waals surface area contributed by atoms with Gasteiger partial charge in [0.2, 0.25) is 10.1 Å². The van der Waals surface area contributed by atoms with Crippen LogP contribution < -0.4 is 5.32 Å². The van der Waals surface area contributed by atoms with Gasteiger partial charge in [-0.05, 0) is 32.0 Å². The van der Waals surface area contributed by atoms with Crippen LogP contribution in [0.3, 0.4) is 0 Å². The summed E-state index contributed by atoms with van der Waals surface area (Å²) < 4.78 is 39.2. The lowest BCUT2D eigenvalue weighted by molar-refractivity contribution is -0.138. The third kappa shape index (κ3) is 3.68. The Labute approximate surface area is 153 Å². The highest BCUT2D eigenvalue weighted by Gasteiger charge is 2.36. The van der Waals surface area contributed by atoms with Crippen LogP contribution in [0.2, 0.25) is 5.02 Å². The van der Waals surface area contributed by atoms with Crippen LogP contribution in [0.5, 0.6) is 0 Å². The summed E-state index contributed by atoms with van der Waals surface area (Å²) in [4.78, 5) is 16.5. The van der Waals surface area contributed by atoms with Crippen LogP contribution in [0.25, 0.3) is 5.82 Å². The minimum Gasteiger partial charge on any atom is -0.295 e. The van der Waals surface area contributed by atoms with Crippen LogP contribution >= 0.6 is 22.9 Å². The molecule has 0 saturated carbocycles. The van der Waals surface area contributed by atoms with Gasteiger partial charge in [0, 0.05) is 5.69 Å². The molecule has 7 nitrogen and oxygen atoms in total. The molecule has 1 amide bonds. The molecule has 26 heavy (non-hydrogen) atoms. The first-order valence-electron chi connectivity index (χ1n) is 7.07. The second-order valence-electron chi connectivity index (χ2n) is 5.20. The molecule has 1 N–H and O–H groups in total. The van der Waals surface area contributed by atoms with Gasteiger partial charge in [-0.3, -0.25) is 10.1 Å². The first kappa shape index (κ1) is 18.3. The Morgan fingerprint density at radius 3 is 2.58 bits per heavy atom. The smallest absolute Gasteiger partial charge is 0.295 e. The number of alkyl halides is 3. The molecule has 12 heteroatoms. The molecule has 136 valence electrons. The predicted molar refractivity (Wildman–Crippen MR) is 88.7 cm³/mol. The Hall–Kier alpha value is -2.53. The zero-order chi connectivity index (χ0) is 19.1. The van der Waals surface area contributed by atoms with E-state index < -0.39 is 17.1 Å². The number of halogens is 4. The number of rotatable bonds is 3. The molecule has 0 fully saturated rings. The van der Waals surface area contributed by atoms with E-state index in [1.165, 1.54) is 10.7 Å². The maximum Gasteiger partial charge on any atom is 0.445 e. The van der Waals surface area contributed by atoms with Crippen LogP contribution in [0, 0.1) is 13.8 Å². The summed E-state index contributed by atoms with van der Waals surface area (Å²) in [7, 11) is 0. The first-order valence-corrected chi connectivity index (χ1v) is 8.27. The van der Waals surface area contributed by atoms with Crippen LogP contribution in [-0.4, -0.2) is 30.9 Å². The van der Waals surface area contributed by atoms with E-state index in [9.17, 15) is 18.0 Å². The first-order chi connectivity index (χ1) is 12.1. The fourth-order valence-corrected chi connectivity index (χ4v) is 2.91.